The quantitative estimate of drug-likeness (QED) is 0.890. The lowest BCUT2D eigenvalue weighted by Crippen LogP contribution is -2.24. The van der Waals surface area contributed by atoms with Crippen molar-refractivity contribution in [1.82, 2.24) is 20.3 Å². The summed E-state index contributed by atoms with van der Waals surface area (Å²) in [6.45, 7) is 3.29. The van der Waals surface area contributed by atoms with Crippen LogP contribution in [0.25, 0.3) is 10.8 Å². The van der Waals surface area contributed by atoms with Crippen molar-refractivity contribution in [2.75, 3.05) is 6.54 Å². The summed E-state index contributed by atoms with van der Waals surface area (Å²) in [5.74, 6) is 0.892. The average molecular weight is 262 g/mol. The molecule has 18 heavy (non-hydrogen) atoms. The Bertz CT molecular complexity index is 503. The van der Waals surface area contributed by atoms with E-state index in [-0.39, 0.29) is 0 Å². The third-order valence-corrected chi connectivity index (χ3v) is 4.51. The smallest absolute Gasteiger partial charge is 0.166 e. The van der Waals surface area contributed by atoms with Crippen LogP contribution in [-0.4, -0.2) is 21.5 Å². The molecule has 1 aliphatic rings. The number of thiazole rings is 1. The molecule has 1 atom stereocenters. The van der Waals surface area contributed by atoms with Crippen LogP contribution < -0.4 is 5.32 Å². The Morgan fingerprint density at radius 3 is 3.28 bits per heavy atom. The van der Waals surface area contributed by atoms with Gasteiger partial charge in [0.15, 0.2) is 10.8 Å². The van der Waals surface area contributed by atoms with Crippen molar-refractivity contribution in [1.29, 1.82) is 0 Å². The van der Waals surface area contributed by atoms with Gasteiger partial charge in [0.2, 0.25) is 0 Å². The van der Waals surface area contributed by atoms with Crippen molar-refractivity contribution in [3.8, 4) is 10.8 Å². The maximum atomic E-state index is 4.74. The predicted molar refractivity (Wildman–Crippen MR) is 73.7 cm³/mol. The zero-order chi connectivity index (χ0) is 12.4. The summed E-state index contributed by atoms with van der Waals surface area (Å²) >= 11 is 1.78. The van der Waals surface area contributed by atoms with Gasteiger partial charge in [0.25, 0.3) is 0 Å². The fraction of sp³-hybridized carbons (Fsp3) is 0.538. The Labute approximate surface area is 111 Å². The van der Waals surface area contributed by atoms with Gasteiger partial charge in [-0.2, -0.15) is 0 Å². The van der Waals surface area contributed by atoms with Gasteiger partial charge in [-0.15, -0.1) is 11.3 Å². The van der Waals surface area contributed by atoms with E-state index >= 15 is 0 Å². The zero-order valence-corrected chi connectivity index (χ0v) is 11.4. The molecule has 0 spiro atoms. The molecule has 0 saturated carbocycles. The number of fused-ring (bicyclic) bond motifs is 1. The number of nitrogens with one attached hydrogen (secondary N) is 2. The molecule has 2 heterocycles. The number of imidazole rings is 1. The molecular formula is C13H18N4S. The van der Waals surface area contributed by atoms with Crippen molar-refractivity contribution < 1.29 is 0 Å². The predicted octanol–water partition coefficient (Wildman–Crippen LogP) is 2.91. The van der Waals surface area contributed by atoms with Gasteiger partial charge in [-0.25, -0.2) is 9.97 Å². The highest BCUT2D eigenvalue weighted by molar-refractivity contribution is 7.15. The highest BCUT2D eigenvalue weighted by Crippen LogP contribution is 2.36. The molecule has 0 aliphatic heterocycles. The number of aromatic nitrogens is 3. The van der Waals surface area contributed by atoms with Crippen LogP contribution in [0.4, 0.5) is 0 Å². The van der Waals surface area contributed by atoms with Gasteiger partial charge in [0.05, 0.1) is 5.69 Å². The minimum atomic E-state index is 0.495. The Hall–Kier alpha value is -1.20. The Balaban J connectivity index is 1.88. The average Bonchev–Trinajstić information content (AvgIpc) is 3.03. The van der Waals surface area contributed by atoms with Crippen LogP contribution in [-0.2, 0) is 6.42 Å². The van der Waals surface area contributed by atoms with Crippen molar-refractivity contribution >= 4 is 11.3 Å². The maximum absolute atomic E-state index is 4.74. The van der Waals surface area contributed by atoms with Crippen LogP contribution in [0, 0.1) is 0 Å². The van der Waals surface area contributed by atoms with Crippen LogP contribution in [0.1, 0.15) is 42.8 Å². The van der Waals surface area contributed by atoms with E-state index < -0.39 is 0 Å². The molecule has 5 heteroatoms. The van der Waals surface area contributed by atoms with Crippen LogP contribution >= 0.6 is 11.3 Å². The summed E-state index contributed by atoms with van der Waals surface area (Å²) in [5, 5.41) is 4.65. The van der Waals surface area contributed by atoms with Gasteiger partial charge in [0.1, 0.15) is 0 Å². The van der Waals surface area contributed by atoms with Crippen LogP contribution in [0.2, 0.25) is 0 Å². The van der Waals surface area contributed by atoms with Crippen molar-refractivity contribution in [2.45, 2.75) is 38.6 Å². The number of aryl methyl sites for hydroxylation is 1. The van der Waals surface area contributed by atoms with E-state index in [1.807, 2.05) is 6.20 Å². The second-order valence-electron chi connectivity index (χ2n) is 4.67. The van der Waals surface area contributed by atoms with Gasteiger partial charge in [0, 0.05) is 23.3 Å². The van der Waals surface area contributed by atoms with E-state index in [1.165, 1.54) is 29.8 Å². The Morgan fingerprint density at radius 1 is 1.56 bits per heavy atom. The van der Waals surface area contributed by atoms with E-state index in [9.17, 15) is 0 Å². The van der Waals surface area contributed by atoms with Crippen molar-refractivity contribution in [3.05, 3.63) is 23.0 Å². The first kappa shape index (κ1) is 11.9. The third-order valence-electron chi connectivity index (χ3n) is 3.29. The maximum Gasteiger partial charge on any atom is 0.166 e. The zero-order valence-electron chi connectivity index (χ0n) is 10.6. The minimum Gasteiger partial charge on any atom is -0.343 e. The standard InChI is InChI=1S/C13H18N4S/c1-2-6-14-9-4-3-5-10-11(9)18-13(17-10)12-15-7-8-16-12/h7-9,14H,2-6H2,1H3,(H,15,16). The van der Waals surface area contributed by atoms with E-state index in [4.69, 9.17) is 4.98 Å². The van der Waals surface area contributed by atoms with E-state index in [1.54, 1.807) is 17.5 Å². The number of rotatable bonds is 4. The van der Waals surface area contributed by atoms with Crippen molar-refractivity contribution in [2.24, 2.45) is 0 Å². The highest BCUT2D eigenvalue weighted by atomic mass is 32.1. The van der Waals surface area contributed by atoms with Crippen LogP contribution in [0.5, 0.6) is 0 Å². The number of H-pyrrole nitrogens is 1. The molecule has 2 aromatic rings. The van der Waals surface area contributed by atoms with Crippen molar-refractivity contribution in [3.63, 3.8) is 0 Å². The largest absolute Gasteiger partial charge is 0.343 e. The molecule has 0 aromatic carbocycles. The van der Waals surface area contributed by atoms with Crippen LogP contribution in [0.15, 0.2) is 12.4 Å². The molecule has 1 unspecified atom stereocenters. The SMILES string of the molecule is CCCNC1CCCc2nc(-c3ncc[nH]3)sc21. The molecule has 0 radical (unpaired) electrons. The van der Waals surface area contributed by atoms with E-state index in [0.717, 1.165) is 23.8 Å². The Kier molecular flexibility index (Phi) is 3.43. The minimum absolute atomic E-state index is 0.495. The molecule has 0 amide bonds. The molecule has 4 nitrogen and oxygen atoms in total. The van der Waals surface area contributed by atoms with Gasteiger partial charge in [-0.1, -0.05) is 6.92 Å². The van der Waals surface area contributed by atoms with Gasteiger partial charge in [-0.3, -0.25) is 0 Å². The number of hydrogen-bond donors (Lipinski definition) is 2. The molecule has 2 aromatic heterocycles. The summed E-state index contributed by atoms with van der Waals surface area (Å²) in [5.41, 5.74) is 1.27. The normalized spacial score (nSPS) is 18.8. The fourth-order valence-corrected chi connectivity index (χ4v) is 3.60. The molecule has 0 saturated heterocycles. The molecule has 1 aliphatic carbocycles. The lowest BCUT2D eigenvalue weighted by atomic mass is 9.98. The topological polar surface area (TPSA) is 53.6 Å². The second-order valence-corrected chi connectivity index (χ2v) is 5.70. The van der Waals surface area contributed by atoms with Crippen LogP contribution in [0.3, 0.4) is 0 Å². The number of aromatic amines is 1. The second kappa shape index (κ2) is 5.20. The first-order valence-electron chi connectivity index (χ1n) is 6.61. The molecular weight excluding hydrogens is 244 g/mol. The number of hydrogen-bond acceptors (Lipinski definition) is 4. The Morgan fingerprint density at radius 2 is 2.50 bits per heavy atom. The molecule has 2 N–H and O–H groups in total. The highest BCUT2D eigenvalue weighted by Gasteiger charge is 2.24. The first-order chi connectivity index (χ1) is 8.88. The lowest BCUT2D eigenvalue weighted by molar-refractivity contribution is 0.465. The molecule has 96 valence electrons. The van der Waals surface area contributed by atoms with Gasteiger partial charge >= 0.3 is 0 Å². The van der Waals surface area contributed by atoms with E-state index in [0.29, 0.717) is 6.04 Å². The molecule has 0 bridgehead atoms. The summed E-state index contributed by atoms with van der Waals surface area (Å²) in [7, 11) is 0. The van der Waals surface area contributed by atoms with Gasteiger partial charge < -0.3 is 10.3 Å². The molecule has 3 rings (SSSR count). The third kappa shape index (κ3) is 2.20. The fourth-order valence-electron chi connectivity index (χ4n) is 2.42. The summed E-state index contributed by atoms with van der Waals surface area (Å²) in [6, 6.07) is 0.495. The summed E-state index contributed by atoms with van der Waals surface area (Å²) < 4.78 is 0. The summed E-state index contributed by atoms with van der Waals surface area (Å²) in [6.07, 6.45) is 8.38. The number of nitrogens with zero attached hydrogens (tertiary/aromatic N) is 2. The monoisotopic (exact) mass is 262 g/mol. The van der Waals surface area contributed by atoms with E-state index in [2.05, 4.69) is 22.2 Å². The summed E-state index contributed by atoms with van der Waals surface area (Å²) in [4.78, 5) is 13.6. The molecule has 0 fully saturated rings. The lowest BCUT2D eigenvalue weighted by Gasteiger charge is -2.22. The first-order valence-corrected chi connectivity index (χ1v) is 7.43. The van der Waals surface area contributed by atoms with Gasteiger partial charge in [-0.05, 0) is 32.2 Å².